The Hall–Kier alpha value is -3.47. The number of aromatic amines is 1. The van der Waals surface area contributed by atoms with Gasteiger partial charge in [-0.25, -0.2) is 5.43 Å². The molecule has 1 amide bonds. The molecule has 0 unspecified atom stereocenters. The molecule has 3 rings (SSSR count). The summed E-state index contributed by atoms with van der Waals surface area (Å²) in [6.07, 6.45) is 6.20. The number of nitrogens with one attached hydrogen (secondary N) is 2. The molecule has 0 fully saturated rings. The third kappa shape index (κ3) is 4.54. The Labute approximate surface area is 152 Å². The Bertz CT molecular complexity index is 909. The number of amides is 1. The van der Waals surface area contributed by atoms with Gasteiger partial charge in [0.25, 0.3) is 5.91 Å². The highest BCUT2D eigenvalue weighted by atomic mass is 16.2. The molecule has 2 N–H and O–H groups in total. The van der Waals surface area contributed by atoms with Crippen LogP contribution >= 0.6 is 0 Å². The molecule has 0 saturated heterocycles. The minimum Gasteiger partial charge on any atom is -0.272 e. The molecule has 0 aliphatic carbocycles. The number of rotatable bonds is 6. The van der Waals surface area contributed by atoms with Crippen LogP contribution in [0.25, 0.3) is 17.3 Å². The molecular formula is C21H20N4O. The summed E-state index contributed by atoms with van der Waals surface area (Å²) in [5, 5.41) is 10.8. The van der Waals surface area contributed by atoms with Gasteiger partial charge in [-0.15, -0.1) is 0 Å². The van der Waals surface area contributed by atoms with Crippen molar-refractivity contribution in [3.63, 3.8) is 0 Å². The number of aromatic nitrogens is 2. The maximum absolute atomic E-state index is 12.1. The molecule has 0 radical (unpaired) electrons. The number of nitrogens with zero attached hydrogens (tertiary/aromatic N) is 2. The van der Waals surface area contributed by atoms with Crippen LogP contribution < -0.4 is 5.43 Å². The first-order chi connectivity index (χ1) is 12.8. The first kappa shape index (κ1) is 17.4. The van der Waals surface area contributed by atoms with Gasteiger partial charge in [-0.05, 0) is 29.7 Å². The zero-order valence-corrected chi connectivity index (χ0v) is 14.5. The number of hydrogen-bond donors (Lipinski definition) is 2. The standard InChI is InChI=1S/C21H20N4O/c1-2-16-10-12-18(13-11-16)19-15-20(24-23-19)21(26)25-22-14-6-9-17-7-4-3-5-8-17/h3-15H,2H2,1H3,(H,23,24)(H,25,26)/b9-6+,22-14-. The summed E-state index contributed by atoms with van der Waals surface area (Å²) < 4.78 is 0. The van der Waals surface area contributed by atoms with Crippen molar-refractivity contribution in [3.8, 4) is 11.3 Å². The molecule has 26 heavy (non-hydrogen) atoms. The fourth-order valence-electron chi connectivity index (χ4n) is 2.41. The average Bonchev–Trinajstić information content (AvgIpc) is 3.19. The van der Waals surface area contributed by atoms with Crippen LogP contribution in [0.1, 0.15) is 28.5 Å². The lowest BCUT2D eigenvalue weighted by molar-refractivity contribution is 0.0950. The van der Waals surface area contributed by atoms with Gasteiger partial charge in [0, 0.05) is 11.8 Å². The molecule has 130 valence electrons. The SMILES string of the molecule is CCc1ccc(-c2cc(C(=O)N/N=C\C=C\c3ccccc3)[nH]n2)cc1. The minimum absolute atomic E-state index is 0.335. The summed E-state index contributed by atoms with van der Waals surface area (Å²) >= 11 is 0. The van der Waals surface area contributed by atoms with Gasteiger partial charge >= 0.3 is 0 Å². The Kier molecular flexibility index (Phi) is 5.72. The summed E-state index contributed by atoms with van der Waals surface area (Å²) in [5.41, 5.74) is 6.86. The van der Waals surface area contributed by atoms with Crippen molar-refractivity contribution in [1.29, 1.82) is 0 Å². The van der Waals surface area contributed by atoms with E-state index < -0.39 is 0 Å². The van der Waals surface area contributed by atoms with Gasteiger partial charge in [0.15, 0.2) is 0 Å². The number of aryl methyl sites for hydroxylation is 1. The van der Waals surface area contributed by atoms with Gasteiger partial charge in [0.1, 0.15) is 5.69 Å². The van der Waals surface area contributed by atoms with Gasteiger partial charge in [0.2, 0.25) is 0 Å². The highest BCUT2D eigenvalue weighted by Gasteiger charge is 2.10. The Morgan fingerprint density at radius 2 is 1.92 bits per heavy atom. The van der Waals surface area contributed by atoms with Crippen LogP contribution in [-0.2, 0) is 6.42 Å². The smallest absolute Gasteiger partial charge is 0.272 e. The molecule has 0 aliphatic heterocycles. The highest BCUT2D eigenvalue weighted by molar-refractivity contribution is 5.94. The Morgan fingerprint density at radius 1 is 1.15 bits per heavy atom. The van der Waals surface area contributed by atoms with E-state index in [9.17, 15) is 4.79 Å². The molecule has 0 atom stereocenters. The van der Waals surface area contributed by atoms with Crippen LogP contribution in [0.15, 0.2) is 71.8 Å². The van der Waals surface area contributed by atoms with Crippen LogP contribution in [0, 0.1) is 0 Å². The summed E-state index contributed by atoms with van der Waals surface area (Å²) in [6.45, 7) is 2.11. The van der Waals surface area contributed by atoms with Crippen molar-refractivity contribution in [2.24, 2.45) is 5.10 Å². The predicted octanol–water partition coefficient (Wildman–Crippen LogP) is 4.07. The van der Waals surface area contributed by atoms with Crippen molar-refractivity contribution in [2.45, 2.75) is 13.3 Å². The van der Waals surface area contributed by atoms with Crippen molar-refractivity contribution in [2.75, 3.05) is 0 Å². The van der Waals surface area contributed by atoms with Crippen LogP contribution in [0.3, 0.4) is 0 Å². The van der Waals surface area contributed by atoms with Crippen molar-refractivity contribution < 1.29 is 4.79 Å². The highest BCUT2D eigenvalue weighted by Crippen LogP contribution is 2.18. The van der Waals surface area contributed by atoms with E-state index in [1.54, 1.807) is 12.1 Å². The lowest BCUT2D eigenvalue weighted by atomic mass is 10.1. The van der Waals surface area contributed by atoms with Gasteiger partial charge in [0.05, 0.1) is 5.69 Å². The molecule has 3 aromatic rings. The van der Waals surface area contributed by atoms with Gasteiger partial charge in [-0.1, -0.05) is 67.6 Å². The zero-order valence-electron chi connectivity index (χ0n) is 14.5. The van der Waals surface area contributed by atoms with E-state index in [0.29, 0.717) is 5.69 Å². The molecular weight excluding hydrogens is 324 g/mol. The molecule has 1 heterocycles. The average molecular weight is 344 g/mol. The van der Waals surface area contributed by atoms with E-state index in [-0.39, 0.29) is 5.91 Å². The molecule has 0 spiro atoms. The molecule has 0 bridgehead atoms. The zero-order chi connectivity index (χ0) is 18.2. The topological polar surface area (TPSA) is 70.1 Å². The quantitative estimate of drug-likeness (QED) is 0.523. The van der Waals surface area contributed by atoms with Crippen molar-refractivity contribution in [3.05, 3.63) is 83.6 Å². The predicted molar refractivity (Wildman–Crippen MR) is 105 cm³/mol. The first-order valence-corrected chi connectivity index (χ1v) is 8.46. The molecule has 0 aliphatic rings. The summed E-state index contributed by atoms with van der Waals surface area (Å²) in [5.74, 6) is -0.335. The molecule has 5 nitrogen and oxygen atoms in total. The second kappa shape index (κ2) is 8.58. The number of carbonyl (C=O) groups excluding carboxylic acids is 1. The van der Waals surface area contributed by atoms with Crippen molar-refractivity contribution >= 4 is 18.2 Å². The fourth-order valence-corrected chi connectivity index (χ4v) is 2.41. The van der Waals surface area contributed by atoms with E-state index in [1.165, 1.54) is 11.8 Å². The largest absolute Gasteiger partial charge is 0.289 e. The number of hydrogen-bond acceptors (Lipinski definition) is 3. The minimum atomic E-state index is -0.335. The third-order valence-corrected chi connectivity index (χ3v) is 3.90. The maximum atomic E-state index is 12.1. The number of allylic oxidation sites excluding steroid dienone is 1. The van der Waals surface area contributed by atoms with E-state index >= 15 is 0 Å². The molecule has 2 aromatic carbocycles. The summed E-state index contributed by atoms with van der Waals surface area (Å²) in [6, 6.07) is 19.7. The van der Waals surface area contributed by atoms with E-state index in [0.717, 1.165) is 23.2 Å². The number of hydrazone groups is 1. The van der Waals surface area contributed by atoms with Crippen molar-refractivity contribution in [1.82, 2.24) is 15.6 Å². The van der Waals surface area contributed by atoms with E-state index in [1.807, 2.05) is 48.5 Å². The lowest BCUT2D eigenvalue weighted by Gasteiger charge is -1.98. The maximum Gasteiger partial charge on any atom is 0.289 e. The van der Waals surface area contributed by atoms with E-state index in [2.05, 4.69) is 39.8 Å². The summed E-state index contributed by atoms with van der Waals surface area (Å²) in [4.78, 5) is 12.1. The van der Waals surface area contributed by atoms with Gasteiger partial charge in [-0.2, -0.15) is 10.2 Å². The molecule has 1 aromatic heterocycles. The number of carbonyl (C=O) groups is 1. The number of H-pyrrole nitrogens is 1. The van der Waals surface area contributed by atoms with E-state index in [4.69, 9.17) is 0 Å². The van der Waals surface area contributed by atoms with Gasteiger partial charge < -0.3 is 0 Å². The molecule has 5 heteroatoms. The molecule has 0 saturated carbocycles. The fraction of sp³-hybridized carbons (Fsp3) is 0.0952. The second-order valence-electron chi connectivity index (χ2n) is 5.71. The van der Waals surface area contributed by atoms with Crippen LogP contribution in [0.2, 0.25) is 0 Å². The first-order valence-electron chi connectivity index (χ1n) is 8.46. The number of benzene rings is 2. The Morgan fingerprint density at radius 3 is 2.65 bits per heavy atom. The summed E-state index contributed by atoms with van der Waals surface area (Å²) in [7, 11) is 0. The Balaban J connectivity index is 1.57. The monoisotopic (exact) mass is 344 g/mol. The second-order valence-corrected chi connectivity index (χ2v) is 5.71. The van der Waals surface area contributed by atoms with Crippen LogP contribution in [0.4, 0.5) is 0 Å². The van der Waals surface area contributed by atoms with Crippen LogP contribution in [0.5, 0.6) is 0 Å². The van der Waals surface area contributed by atoms with Gasteiger partial charge in [-0.3, -0.25) is 9.89 Å². The third-order valence-electron chi connectivity index (χ3n) is 3.90. The normalized spacial score (nSPS) is 11.3. The lowest BCUT2D eigenvalue weighted by Crippen LogP contribution is -2.17. The van der Waals surface area contributed by atoms with Crippen LogP contribution in [-0.4, -0.2) is 22.3 Å².